The maximum Gasteiger partial charge on any atom is 0.338 e. The molecule has 2 saturated heterocycles. The summed E-state index contributed by atoms with van der Waals surface area (Å²) in [4.78, 5) is 47.6. The highest BCUT2D eigenvalue weighted by Gasteiger charge is 2.51. The Morgan fingerprint density at radius 3 is 1.35 bits per heavy atom. The van der Waals surface area contributed by atoms with Gasteiger partial charge in [-0.25, -0.2) is 19.2 Å². The Kier molecular flexibility index (Phi) is 13.2. The predicted octanol–water partition coefficient (Wildman–Crippen LogP) is 4.01. The number of hydrogen-bond donors (Lipinski definition) is 0. The van der Waals surface area contributed by atoms with Crippen molar-refractivity contribution in [2.75, 3.05) is 39.6 Å². The van der Waals surface area contributed by atoms with Crippen molar-refractivity contribution >= 4 is 23.9 Å². The van der Waals surface area contributed by atoms with Crippen LogP contribution in [-0.4, -0.2) is 87.9 Å². The maximum absolute atomic E-state index is 12.8. The Morgan fingerprint density at radius 1 is 0.609 bits per heavy atom. The van der Waals surface area contributed by atoms with Gasteiger partial charge in [0.05, 0.1) is 50.8 Å². The van der Waals surface area contributed by atoms with E-state index in [1.165, 1.54) is 0 Å². The molecule has 0 bridgehead atoms. The van der Waals surface area contributed by atoms with Gasteiger partial charge in [-0.05, 0) is 74.2 Å². The average Bonchev–Trinajstić information content (AvgIpc) is 3.67. The number of rotatable bonds is 18. The molecule has 0 radical (unpaired) electrons. The van der Waals surface area contributed by atoms with Gasteiger partial charge in [0.15, 0.2) is 12.2 Å². The van der Waals surface area contributed by atoms with Crippen LogP contribution in [0.2, 0.25) is 0 Å². The lowest BCUT2D eigenvalue weighted by atomic mass is 10.1. The average molecular weight is 639 g/mol. The molecule has 0 spiro atoms. The number of hydrogen-bond acceptors (Lipinski definition) is 12. The van der Waals surface area contributed by atoms with Crippen LogP contribution < -0.4 is 9.47 Å². The van der Waals surface area contributed by atoms with Gasteiger partial charge in [0.2, 0.25) is 0 Å². The zero-order valence-corrected chi connectivity index (χ0v) is 25.5. The van der Waals surface area contributed by atoms with E-state index in [2.05, 4.69) is 13.2 Å². The molecule has 12 nitrogen and oxygen atoms in total. The molecule has 12 heteroatoms. The van der Waals surface area contributed by atoms with E-state index < -0.39 is 48.3 Å². The largest absolute Gasteiger partial charge is 0.494 e. The van der Waals surface area contributed by atoms with Crippen molar-refractivity contribution in [2.45, 2.75) is 50.1 Å². The molecular weight excluding hydrogens is 600 g/mol. The van der Waals surface area contributed by atoms with Crippen LogP contribution >= 0.6 is 0 Å². The predicted molar refractivity (Wildman–Crippen MR) is 163 cm³/mol. The molecule has 0 amide bonds. The van der Waals surface area contributed by atoms with Gasteiger partial charge < -0.3 is 37.9 Å². The number of fused-ring (bicyclic) bond motifs is 1. The quantitative estimate of drug-likeness (QED) is 0.101. The lowest BCUT2D eigenvalue weighted by Gasteiger charge is -2.17. The van der Waals surface area contributed by atoms with Gasteiger partial charge >= 0.3 is 23.9 Å². The molecule has 2 heterocycles. The van der Waals surface area contributed by atoms with Crippen molar-refractivity contribution in [1.29, 1.82) is 0 Å². The number of unbranched alkanes of at least 4 members (excludes halogenated alkanes) is 2. The number of benzene rings is 2. The van der Waals surface area contributed by atoms with Crippen molar-refractivity contribution in [3.05, 3.63) is 85.0 Å². The third-order valence-electron chi connectivity index (χ3n) is 7.10. The minimum Gasteiger partial charge on any atom is -0.494 e. The van der Waals surface area contributed by atoms with Crippen molar-refractivity contribution in [1.82, 2.24) is 0 Å². The second kappa shape index (κ2) is 17.7. The first-order valence-corrected chi connectivity index (χ1v) is 15.1. The van der Waals surface area contributed by atoms with Gasteiger partial charge in [-0.2, -0.15) is 0 Å². The smallest absolute Gasteiger partial charge is 0.338 e. The third kappa shape index (κ3) is 10.2. The zero-order chi connectivity index (χ0) is 32.7. The van der Waals surface area contributed by atoms with E-state index in [-0.39, 0.29) is 13.2 Å². The Balaban J connectivity index is 1.15. The molecular formula is C34H38O12. The highest BCUT2D eigenvalue weighted by molar-refractivity contribution is 5.90. The first kappa shape index (κ1) is 34.2. The Bertz CT molecular complexity index is 1230. The summed E-state index contributed by atoms with van der Waals surface area (Å²) >= 11 is 0. The summed E-state index contributed by atoms with van der Waals surface area (Å²) < 4.78 is 44.1. The second-order valence-electron chi connectivity index (χ2n) is 10.4. The first-order chi connectivity index (χ1) is 22.4. The normalized spacial score (nSPS) is 19.7. The molecule has 2 aliphatic heterocycles. The van der Waals surface area contributed by atoms with Crippen LogP contribution in [0.5, 0.6) is 11.5 Å². The standard InChI is InChI=1S/C34H38O12/c1-3-29(35)41-19-7-5-17-39-25-13-9-23(10-14-25)33(37)45-27-21-43-32-28(22-44-31(27)32)46-34(38)24-11-15-26(16-12-24)40-18-6-8-20-42-30(36)4-2/h3-4,9-16,27-28,31-32H,1-2,5-8,17-22H2/t27-,28-,31?,32?/m0/s1. The summed E-state index contributed by atoms with van der Waals surface area (Å²) in [6.07, 6.45) is 2.50. The molecule has 46 heavy (non-hydrogen) atoms. The summed E-state index contributed by atoms with van der Waals surface area (Å²) in [6.45, 7) is 8.36. The van der Waals surface area contributed by atoms with Gasteiger partial charge in [0, 0.05) is 12.2 Å². The molecule has 2 aromatic carbocycles. The summed E-state index contributed by atoms with van der Waals surface area (Å²) in [7, 11) is 0. The molecule has 2 fully saturated rings. The van der Waals surface area contributed by atoms with Crippen molar-refractivity contribution < 1.29 is 57.1 Å². The van der Waals surface area contributed by atoms with E-state index in [1.807, 2.05) is 0 Å². The Hall–Kier alpha value is -4.68. The van der Waals surface area contributed by atoms with Crippen LogP contribution in [0.15, 0.2) is 73.8 Å². The lowest BCUT2D eigenvalue weighted by molar-refractivity contribution is -0.138. The van der Waals surface area contributed by atoms with Gasteiger partial charge in [-0.1, -0.05) is 13.2 Å². The summed E-state index contributed by atoms with van der Waals surface area (Å²) in [6, 6.07) is 13.1. The van der Waals surface area contributed by atoms with Crippen molar-refractivity contribution in [3.63, 3.8) is 0 Å². The molecule has 2 aliphatic rings. The minimum absolute atomic E-state index is 0.112. The fraction of sp³-hybridized carbons (Fsp3) is 0.412. The Morgan fingerprint density at radius 2 is 0.978 bits per heavy atom. The van der Waals surface area contributed by atoms with Gasteiger partial charge in [-0.15, -0.1) is 0 Å². The third-order valence-corrected chi connectivity index (χ3v) is 7.10. The summed E-state index contributed by atoms with van der Waals surface area (Å²) in [5.41, 5.74) is 0.684. The zero-order valence-electron chi connectivity index (χ0n) is 25.5. The van der Waals surface area contributed by atoms with Crippen molar-refractivity contribution in [3.8, 4) is 11.5 Å². The molecule has 0 aromatic heterocycles. The molecule has 4 atom stereocenters. The van der Waals surface area contributed by atoms with Crippen molar-refractivity contribution in [2.24, 2.45) is 0 Å². The van der Waals surface area contributed by atoms with E-state index in [4.69, 9.17) is 37.9 Å². The van der Waals surface area contributed by atoms with Gasteiger partial charge in [0.1, 0.15) is 23.7 Å². The molecule has 2 unspecified atom stereocenters. The van der Waals surface area contributed by atoms with E-state index in [1.54, 1.807) is 48.5 Å². The number of carbonyl (C=O) groups excluding carboxylic acids is 4. The second-order valence-corrected chi connectivity index (χ2v) is 10.4. The molecule has 4 rings (SSSR count). The number of esters is 4. The van der Waals surface area contributed by atoms with E-state index in [9.17, 15) is 19.2 Å². The fourth-order valence-corrected chi connectivity index (χ4v) is 4.67. The van der Waals surface area contributed by atoms with Crippen LogP contribution in [0.25, 0.3) is 0 Å². The Labute approximate surface area is 267 Å². The molecule has 0 aliphatic carbocycles. The van der Waals surface area contributed by atoms with Crippen LogP contribution in [-0.2, 0) is 38.0 Å². The topological polar surface area (TPSA) is 142 Å². The SMILES string of the molecule is C=CC(=O)OCCCCOc1ccc(C(=O)O[C@H]2COC3C2OC[C@@H]3OC(=O)c2ccc(OCCCCOC(=O)C=C)cc2)cc1. The maximum atomic E-state index is 12.8. The molecule has 0 N–H and O–H groups in total. The van der Waals surface area contributed by atoms with Crippen LogP contribution in [0.1, 0.15) is 46.4 Å². The van der Waals surface area contributed by atoms with Gasteiger partial charge in [0.25, 0.3) is 0 Å². The molecule has 246 valence electrons. The van der Waals surface area contributed by atoms with E-state index in [0.29, 0.717) is 74.7 Å². The summed E-state index contributed by atoms with van der Waals surface area (Å²) in [5, 5.41) is 0. The first-order valence-electron chi connectivity index (χ1n) is 15.1. The number of carbonyl (C=O) groups is 4. The summed E-state index contributed by atoms with van der Waals surface area (Å²) in [5.74, 6) is -0.787. The van der Waals surface area contributed by atoms with Gasteiger partial charge in [-0.3, -0.25) is 0 Å². The van der Waals surface area contributed by atoms with Crippen LogP contribution in [0.4, 0.5) is 0 Å². The monoisotopic (exact) mass is 638 g/mol. The fourth-order valence-electron chi connectivity index (χ4n) is 4.67. The van der Waals surface area contributed by atoms with Crippen LogP contribution in [0, 0.1) is 0 Å². The van der Waals surface area contributed by atoms with Crippen LogP contribution in [0.3, 0.4) is 0 Å². The highest BCUT2D eigenvalue weighted by Crippen LogP contribution is 2.31. The van der Waals surface area contributed by atoms with E-state index >= 15 is 0 Å². The lowest BCUT2D eigenvalue weighted by Crippen LogP contribution is -2.36. The molecule has 2 aromatic rings. The molecule has 0 saturated carbocycles. The highest BCUT2D eigenvalue weighted by atomic mass is 16.7. The number of ether oxygens (including phenoxy) is 8. The minimum atomic E-state index is -0.655. The van der Waals surface area contributed by atoms with E-state index in [0.717, 1.165) is 12.2 Å².